The molecule has 0 heterocycles. The Morgan fingerprint density at radius 1 is 1.33 bits per heavy atom. The number of ether oxygens (including phenoxy) is 1. The molecule has 0 fully saturated rings. The maximum Gasteiger partial charge on any atom is 0.209 e. The van der Waals surface area contributed by atoms with Crippen molar-refractivity contribution in [1.29, 1.82) is 0 Å². The molecule has 0 radical (unpaired) electrons. The van der Waals surface area contributed by atoms with Crippen molar-refractivity contribution in [3.8, 4) is 0 Å². The van der Waals surface area contributed by atoms with Gasteiger partial charge in [0.1, 0.15) is 0 Å². The molecule has 2 atom stereocenters. The summed E-state index contributed by atoms with van der Waals surface area (Å²) in [7, 11) is -3.38. The standard InChI is InChI=1S/C10H23NO3S/c1-4-6-10(8-15(11,12)13)7-14-9(3)5-2/h9-10H,4-8H2,1-3H3,(H2,11,12,13). The van der Waals surface area contributed by atoms with Crippen LogP contribution in [0.3, 0.4) is 0 Å². The lowest BCUT2D eigenvalue weighted by Crippen LogP contribution is -2.27. The van der Waals surface area contributed by atoms with Crippen LogP contribution in [0.2, 0.25) is 0 Å². The molecular weight excluding hydrogens is 214 g/mol. The van der Waals surface area contributed by atoms with Gasteiger partial charge in [0.15, 0.2) is 0 Å². The summed E-state index contributed by atoms with van der Waals surface area (Å²) in [5.41, 5.74) is 0. The maximum atomic E-state index is 11.0. The summed E-state index contributed by atoms with van der Waals surface area (Å²) in [4.78, 5) is 0. The molecule has 0 bridgehead atoms. The summed E-state index contributed by atoms with van der Waals surface area (Å²) >= 11 is 0. The molecule has 0 aromatic rings. The lowest BCUT2D eigenvalue weighted by Gasteiger charge is -2.18. The van der Waals surface area contributed by atoms with Crippen molar-refractivity contribution in [1.82, 2.24) is 0 Å². The zero-order chi connectivity index (χ0) is 11.9. The highest BCUT2D eigenvalue weighted by Crippen LogP contribution is 2.11. The fraction of sp³-hybridized carbons (Fsp3) is 1.00. The molecule has 4 nitrogen and oxygen atoms in total. The zero-order valence-corrected chi connectivity index (χ0v) is 10.7. The van der Waals surface area contributed by atoms with Crippen molar-refractivity contribution in [3.63, 3.8) is 0 Å². The summed E-state index contributed by atoms with van der Waals surface area (Å²) in [5.74, 6) is 0.0519. The van der Waals surface area contributed by atoms with Crippen LogP contribution in [0.15, 0.2) is 0 Å². The van der Waals surface area contributed by atoms with Gasteiger partial charge in [-0.3, -0.25) is 0 Å². The minimum atomic E-state index is -3.38. The minimum Gasteiger partial charge on any atom is -0.378 e. The van der Waals surface area contributed by atoms with Gasteiger partial charge in [0.2, 0.25) is 10.0 Å². The zero-order valence-electron chi connectivity index (χ0n) is 9.90. The molecule has 0 aliphatic rings. The molecule has 0 saturated heterocycles. The third-order valence-electron chi connectivity index (χ3n) is 2.36. The molecule has 0 aromatic carbocycles. The van der Waals surface area contributed by atoms with E-state index in [-0.39, 0.29) is 17.8 Å². The van der Waals surface area contributed by atoms with Crippen molar-refractivity contribution in [3.05, 3.63) is 0 Å². The summed E-state index contributed by atoms with van der Waals surface area (Å²) in [6, 6.07) is 0. The van der Waals surface area contributed by atoms with Gasteiger partial charge in [0.05, 0.1) is 18.5 Å². The van der Waals surface area contributed by atoms with E-state index in [2.05, 4.69) is 0 Å². The van der Waals surface area contributed by atoms with Crippen molar-refractivity contribution in [2.75, 3.05) is 12.4 Å². The van der Waals surface area contributed by atoms with E-state index in [9.17, 15) is 8.42 Å². The van der Waals surface area contributed by atoms with Gasteiger partial charge >= 0.3 is 0 Å². The van der Waals surface area contributed by atoms with Gasteiger partial charge in [-0.1, -0.05) is 20.3 Å². The highest BCUT2D eigenvalue weighted by Gasteiger charge is 2.16. The molecule has 0 aliphatic carbocycles. The SMILES string of the molecule is CCCC(COC(C)CC)CS(N)(=O)=O. The summed E-state index contributed by atoms with van der Waals surface area (Å²) < 4.78 is 27.4. The van der Waals surface area contributed by atoms with Crippen molar-refractivity contribution in [2.45, 2.75) is 46.1 Å². The Hall–Kier alpha value is -0.130. The average molecular weight is 237 g/mol. The van der Waals surface area contributed by atoms with Gasteiger partial charge in [-0.05, 0) is 25.7 Å². The Balaban J connectivity index is 4.04. The molecule has 5 heteroatoms. The monoisotopic (exact) mass is 237 g/mol. The first-order valence-corrected chi connectivity index (χ1v) is 7.22. The second-order valence-electron chi connectivity index (χ2n) is 4.04. The third kappa shape index (κ3) is 8.84. The Labute approximate surface area is 93.2 Å². The average Bonchev–Trinajstić information content (AvgIpc) is 2.11. The number of nitrogens with two attached hydrogens (primary N) is 1. The molecule has 0 spiro atoms. The van der Waals surface area contributed by atoms with Gasteiger partial charge in [-0.25, -0.2) is 13.6 Å². The normalized spacial score (nSPS) is 16.3. The summed E-state index contributed by atoms with van der Waals surface area (Å²) in [6.07, 6.45) is 2.91. The molecule has 0 rings (SSSR count). The van der Waals surface area contributed by atoms with E-state index in [1.807, 2.05) is 20.8 Å². The van der Waals surface area contributed by atoms with Crippen molar-refractivity contribution < 1.29 is 13.2 Å². The van der Waals surface area contributed by atoms with E-state index >= 15 is 0 Å². The summed E-state index contributed by atoms with van der Waals surface area (Å²) in [6.45, 7) is 6.54. The van der Waals surface area contributed by atoms with E-state index in [0.29, 0.717) is 6.61 Å². The molecule has 2 unspecified atom stereocenters. The molecular formula is C10H23NO3S. The number of sulfonamides is 1. The Morgan fingerprint density at radius 3 is 2.33 bits per heavy atom. The van der Waals surface area contributed by atoms with Crippen LogP contribution in [0.1, 0.15) is 40.0 Å². The highest BCUT2D eigenvalue weighted by molar-refractivity contribution is 7.89. The van der Waals surface area contributed by atoms with Crippen LogP contribution in [0, 0.1) is 5.92 Å². The largest absolute Gasteiger partial charge is 0.378 e. The molecule has 2 N–H and O–H groups in total. The Bertz CT molecular complexity index is 251. The van der Waals surface area contributed by atoms with E-state index in [1.165, 1.54) is 0 Å². The van der Waals surface area contributed by atoms with Gasteiger partial charge < -0.3 is 4.74 Å². The fourth-order valence-corrected chi connectivity index (χ4v) is 2.29. The first-order valence-electron chi connectivity index (χ1n) is 5.51. The molecule has 0 saturated carbocycles. The van der Waals surface area contributed by atoms with Crippen LogP contribution in [0.4, 0.5) is 0 Å². The van der Waals surface area contributed by atoms with Crippen LogP contribution in [0.25, 0.3) is 0 Å². The fourth-order valence-electron chi connectivity index (χ4n) is 1.37. The molecule has 92 valence electrons. The number of rotatable bonds is 8. The van der Waals surface area contributed by atoms with Crippen LogP contribution in [0.5, 0.6) is 0 Å². The topological polar surface area (TPSA) is 69.4 Å². The molecule has 15 heavy (non-hydrogen) atoms. The van der Waals surface area contributed by atoms with Gasteiger partial charge in [-0.15, -0.1) is 0 Å². The quantitative estimate of drug-likeness (QED) is 0.695. The predicted octanol–water partition coefficient (Wildman–Crippen LogP) is 1.51. The number of hydrogen-bond donors (Lipinski definition) is 1. The van der Waals surface area contributed by atoms with E-state index in [1.54, 1.807) is 0 Å². The lowest BCUT2D eigenvalue weighted by atomic mass is 10.1. The van der Waals surface area contributed by atoms with E-state index < -0.39 is 10.0 Å². The maximum absolute atomic E-state index is 11.0. The second kappa shape index (κ2) is 7.19. The molecule has 0 aliphatic heterocycles. The Kier molecular flexibility index (Phi) is 7.13. The lowest BCUT2D eigenvalue weighted by molar-refractivity contribution is 0.0406. The van der Waals surface area contributed by atoms with Crippen molar-refractivity contribution in [2.24, 2.45) is 11.1 Å². The van der Waals surface area contributed by atoms with Gasteiger partial charge in [0, 0.05) is 0 Å². The number of hydrogen-bond acceptors (Lipinski definition) is 3. The van der Waals surface area contributed by atoms with Crippen LogP contribution in [-0.2, 0) is 14.8 Å². The van der Waals surface area contributed by atoms with E-state index in [4.69, 9.17) is 9.88 Å². The van der Waals surface area contributed by atoms with Gasteiger partial charge in [-0.2, -0.15) is 0 Å². The first-order chi connectivity index (χ1) is 6.89. The van der Waals surface area contributed by atoms with Gasteiger partial charge in [0.25, 0.3) is 0 Å². The number of primary sulfonamides is 1. The smallest absolute Gasteiger partial charge is 0.209 e. The minimum absolute atomic E-state index is 0.0251. The second-order valence-corrected chi connectivity index (χ2v) is 5.70. The molecule has 0 amide bonds. The van der Waals surface area contributed by atoms with Crippen LogP contribution >= 0.6 is 0 Å². The predicted molar refractivity (Wildman–Crippen MR) is 62.1 cm³/mol. The third-order valence-corrected chi connectivity index (χ3v) is 3.29. The van der Waals surface area contributed by atoms with Crippen LogP contribution in [-0.4, -0.2) is 26.9 Å². The summed E-state index contributed by atoms with van der Waals surface area (Å²) in [5, 5.41) is 5.02. The molecule has 0 aromatic heterocycles. The Morgan fingerprint density at radius 2 is 1.93 bits per heavy atom. The first kappa shape index (κ1) is 14.9. The highest BCUT2D eigenvalue weighted by atomic mass is 32.2. The van der Waals surface area contributed by atoms with Crippen LogP contribution < -0.4 is 5.14 Å². The van der Waals surface area contributed by atoms with E-state index in [0.717, 1.165) is 19.3 Å². The van der Waals surface area contributed by atoms with Crippen molar-refractivity contribution >= 4 is 10.0 Å².